The quantitative estimate of drug-likeness (QED) is 0.776. The summed E-state index contributed by atoms with van der Waals surface area (Å²) >= 11 is 0. The van der Waals surface area contributed by atoms with E-state index in [0.29, 0.717) is 19.3 Å². The van der Waals surface area contributed by atoms with E-state index >= 15 is 0 Å². The Bertz CT molecular complexity index is 813. The molecule has 26 heavy (non-hydrogen) atoms. The van der Waals surface area contributed by atoms with Crippen LogP contribution in [0.2, 0.25) is 0 Å². The van der Waals surface area contributed by atoms with Gasteiger partial charge in [-0.25, -0.2) is 13.2 Å². The summed E-state index contributed by atoms with van der Waals surface area (Å²) in [6.07, 6.45) is 1.11. The molecule has 0 heterocycles. The minimum absolute atomic E-state index is 0.271. The summed E-state index contributed by atoms with van der Waals surface area (Å²) in [6.45, 7) is 0.271. The lowest BCUT2D eigenvalue weighted by Crippen LogP contribution is -2.41. The Kier molecular flexibility index (Phi) is 4.97. The third kappa shape index (κ3) is 3.71. The molecule has 0 atom stereocenters. The van der Waals surface area contributed by atoms with E-state index in [-0.39, 0.29) is 12.4 Å². The number of para-hydroxylation sites is 1. The molecule has 2 N–H and O–H groups in total. The van der Waals surface area contributed by atoms with E-state index in [2.05, 4.69) is 10.6 Å². The van der Waals surface area contributed by atoms with Crippen LogP contribution in [0.4, 0.5) is 18.9 Å². The minimum Gasteiger partial charge on any atom is -0.355 e. The molecule has 2 aromatic carbocycles. The Balaban J connectivity index is 1.58. The number of carbonyl (C=O) groups excluding carboxylic acids is 2. The summed E-state index contributed by atoms with van der Waals surface area (Å²) in [4.78, 5) is 24.7. The average molecular weight is 362 g/mol. The number of rotatable bonds is 6. The SMILES string of the molecule is O=C(NCCc1ccc(F)cc1)C1(C(=O)Nc2c(F)cccc2F)CC1. The number of amides is 2. The molecule has 1 aliphatic rings. The fourth-order valence-electron chi connectivity index (χ4n) is 2.67. The van der Waals surface area contributed by atoms with Crippen LogP contribution in [0.5, 0.6) is 0 Å². The maximum atomic E-state index is 13.7. The van der Waals surface area contributed by atoms with E-state index in [1.54, 1.807) is 12.1 Å². The van der Waals surface area contributed by atoms with Gasteiger partial charge in [-0.05, 0) is 49.1 Å². The third-order valence-electron chi connectivity index (χ3n) is 4.43. The molecule has 0 unspecified atom stereocenters. The van der Waals surface area contributed by atoms with Gasteiger partial charge in [0.25, 0.3) is 0 Å². The molecular weight excluding hydrogens is 345 g/mol. The Labute approximate surface area is 148 Å². The van der Waals surface area contributed by atoms with Gasteiger partial charge in [0.1, 0.15) is 28.6 Å². The van der Waals surface area contributed by atoms with Crippen molar-refractivity contribution < 1.29 is 22.8 Å². The van der Waals surface area contributed by atoms with E-state index in [1.165, 1.54) is 18.2 Å². The predicted octanol–water partition coefficient (Wildman–Crippen LogP) is 3.18. The van der Waals surface area contributed by atoms with Crippen LogP contribution in [-0.4, -0.2) is 18.4 Å². The van der Waals surface area contributed by atoms with Gasteiger partial charge in [0.05, 0.1) is 0 Å². The number of halogens is 3. The topological polar surface area (TPSA) is 58.2 Å². The zero-order chi connectivity index (χ0) is 18.7. The normalized spacial score (nSPS) is 14.6. The van der Waals surface area contributed by atoms with Gasteiger partial charge in [0.2, 0.25) is 11.8 Å². The largest absolute Gasteiger partial charge is 0.355 e. The summed E-state index contributed by atoms with van der Waals surface area (Å²) in [5, 5.41) is 4.85. The van der Waals surface area contributed by atoms with Crippen LogP contribution in [-0.2, 0) is 16.0 Å². The number of anilines is 1. The Morgan fingerprint density at radius 3 is 2.12 bits per heavy atom. The Hall–Kier alpha value is -2.83. The lowest BCUT2D eigenvalue weighted by atomic mass is 10.0. The van der Waals surface area contributed by atoms with Gasteiger partial charge < -0.3 is 10.6 Å². The van der Waals surface area contributed by atoms with Crippen LogP contribution < -0.4 is 10.6 Å². The van der Waals surface area contributed by atoms with Crippen molar-refractivity contribution in [2.75, 3.05) is 11.9 Å². The molecule has 0 saturated heterocycles. The Morgan fingerprint density at radius 2 is 1.54 bits per heavy atom. The second-order valence-electron chi connectivity index (χ2n) is 6.27. The Morgan fingerprint density at radius 1 is 0.923 bits per heavy atom. The van der Waals surface area contributed by atoms with Crippen LogP contribution in [0, 0.1) is 22.9 Å². The molecule has 0 spiro atoms. The first-order chi connectivity index (χ1) is 12.4. The van der Waals surface area contributed by atoms with Crippen molar-refractivity contribution in [2.45, 2.75) is 19.3 Å². The fourth-order valence-corrected chi connectivity index (χ4v) is 2.67. The zero-order valence-corrected chi connectivity index (χ0v) is 13.8. The highest BCUT2D eigenvalue weighted by Gasteiger charge is 2.56. The number of benzene rings is 2. The summed E-state index contributed by atoms with van der Waals surface area (Å²) in [7, 11) is 0. The van der Waals surface area contributed by atoms with Gasteiger partial charge in [-0.15, -0.1) is 0 Å². The second kappa shape index (κ2) is 7.19. The predicted molar refractivity (Wildman–Crippen MR) is 89.8 cm³/mol. The highest BCUT2D eigenvalue weighted by Crippen LogP contribution is 2.47. The molecule has 2 amide bonds. The zero-order valence-electron chi connectivity index (χ0n) is 13.8. The maximum Gasteiger partial charge on any atom is 0.240 e. The van der Waals surface area contributed by atoms with Crippen molar-refractivity contribution >= 4 is 17.5 Å². The van der Waals surface area contributed by atoms with Gasteiger partial charge in [-0.2, -0.15) is 0 Å². The van der Waals surface area contributed by atoms with E-state index < -0.39 is 34.6 Å². The first-order valence-electron chi connectivity index (χ1n) is 8.20. The average Bonchev–Trinajstić information content (AvgIpc) is 3.42. The fraction of sp³-hybridized carbons (Fsp3) is 0.263. The molecule has 0 radical (unpaired) electrons. The highest BCUT2D eigenvalue weighted by molar-refractivity contribution is 6.13. The molecule has 1 saturated carbocycles. The van der Waals surface area contributed by atoms with E-state index in [4.69, 9.17) is 0 Å². The van der Waals surface area contributed by atoms with Gasteiger partial charge >= 0.3 is 0 Å². The van der Waals surface area contributed by atoms with Gasteiger partial charge in [-0.1, -0.05) is 18.2 Å². The summed E-state index contributed by atoms with van der Waals surface area (Å²) in [5.41, 5.74) is -1.00. The van der Waals surface area contributed by atoms with Crippen molar-refractivity contribution in [1.82, 2.24) is 5.32 Å². The number of nitrogens with one attached hydrogen (secondary N) is 2. The molecule has 2 aromatic rings. The number of carbonyl (C=O) groups is 2. The first kappa shape index (κ1) is 18.0. The van der Waals surface area contributed by atoms with Gasteiger partial charge in [0.15, 0.2) is 0 Å². The smallest absolute Gasteiger partial charge is 0.240 e. The molecule has 0 aliphatic heterocycles. The standard InChI is InChI=1S/C19H17F3N2O2/c20-13-6-4-12(5-7-13)8-11-23-17(25)19(9-10-19)18(26)24-16-14(21)2-1-3-15(16)22/h1-7H,8-11H2,(H,23,25)(H,24,26). The molecule has 1 aliphatic carbocycles. The first-order valence-corrected chi connectivity index (χ1v) is 8.20. The summed E-state index contributed by atoms with van der Waals surface area (Å²) < 4.78 is 40.2. The number of hydrogen-bond acceptors (Lipinski definition) is 2. The second-order valence-corrected chi connectivity index (χ2v) is 6.27. The van der Waals surface area contributed by atoms with Gasteiger partial charge in [-0.3, -0.25) is 9.59 Å². The van der Waals surface area contributed by atoms with Crippen LogP contribution in [0.1, 0.15) is 18.4 Å². The maximum absolute atomic E-state index is 13.7. The van der Waals surface area contributed by atoms with Crippen LogP contribution in [0.3, 0.4) is 0 Å². The van der Waals surface area contributed by atoms with Crippen LogP contribution in [0.15, 0.2) is 42.5 Å². The van der Waals surface area contributed by atoms with Crippen LogP contribution >= 0.6 is 0 Å². The number of hydrogen-bond donors (Lipinski definition) is 2. The van der Waals surface area contributed by atoms with E-state index in [1.807, 2.05) is 0 Å². The van der Waals surface area contributed by atoms with Gasteiger partial charge in [0, 0.05) is 6.54 Å². The molecule has 4 nitrogen and oxygen atoms in total. The van der Waals surface area contributed by atoms with Crippen molar-refractivity contribution in [2.24, 2.45) is 5.41 Å². The molecule has 0 aromatic heterocycles. The van der Waals surface area contributed by atoms with Crippen molar-refractivity contribution in [3.05, 3.63) is 65.5 Å². The summed E-state index contributed by atoms with van der Waals surface area (Å²) in [6, 6.07) is 9.13. The van der Waals surface area contributed by atoms with E-state index in [9.17, 15) is 22.8 Å². The lowest BCUT2D eigenvalue weighted by Gasteiger charge is -2.16. The minimum atomic E-state index is -1.29. The highest BCUT2D eigenvalue weighted by atomic mass is 19.1. The monoisotopic (exact) mass is 362 g/mol. The van der Waals surface area contributed by atoms with E-state index in [0.717, 1.165) is 17.7 Å². The molecule has 1 fully saturated rings. The van der Waals surface area contributed by atoms with Crippen molar-refractivity contribution in [3.63, 3.8) is 0 Å². The van der Waals surface area contributed by atoms with Crippen molar-refractivity contribution in [1.29, 1.82) is 0 Å². The molecule has 0 bridgehead atoms. The molecule has 3 rings (SSSR count). The van der Waals surface area contributed by atoms with Crippen molar-refractivity contribution in [3.8, 4) is 0 Å². The molecular formula is C19H17F3N2O2. The molecule has 136 valence electrons. The summed E-state index contributed by atoms with van der Waals surface area (Å²) in [5.74, 6) is -3.34. The molecule has 7 heteroatoms. The lowest BCUT2D eigenvalue weighted by molar-refractivity contribution is -0.134. The third-order valence-corrected chi connectivity index (χ3v) is 4.43. The van der Waals surface area contributed by atoms with Crippen LogP contribution in [0.25, 0.3) is 0 Å².